The molecule has 0 unspecified atom stereocenters. The molecule has 5 rings (SSSR count). The number of aromatic nitrogens is 1. The molecule has 1 aromatic carbocycles. The van der Waals surface area contributed by atoms with E-state index in [0.29, 0.717) is 19.1 Å². The normalized spacial score (nSPS) is 19.7. The zero-order valence-corrected chi connectivity index (χ0v) is 19.9. The Labute approximate surface area is 201 Å². The Morgan fingerprint density at radius 1 is 0.971 bits per heavy atom. The molecule has 1 aromatic heterocycles. The van der Waals surface area contributed by atoms with E-state index in [2.05, 4.69) is 15.1 Å². The van der Waals surface area contributed by atoms with Crippen LogP contribution in [0.5, 0.6) is 17.5 Å². The van der Waals surface area contributed by atoms with Gasteiger partial charge in [-0.3, -0.25) is 9.47 Å². The largest absolute Gasteiger partial charge is 0.494 e. The summed E-state index contributed by atoms with van der Waals surface area (Å²) in [6.07, 6.45) is 8.03. The highest BCUT2D eigenvalue weighted by Crippen LogP contribution is 2.34. The van der Waals surface area contributed by atoms with Gasteiger partial charge in [-0.2, -0.15) is 0 Å². The molecule has 1 aliphatic heterocycles. The lowest BCUT2D eigenvalue weighted by Crippen LogP contribution is -2.47. The first kappa shape index (κ1) is 23.3. The van der Waals surface area contributed by atoms with Gasteiger partial charge in [0.05, 0.1) is 11.8 Å². The van der Waals surface area contributed by atoms with Crippen LogP contribution in [0.1, 0.15) is 50.5 Å². The van der Waals surface area contributed by atoms with E-state index in [1.807, 2.05) is 0 Å². The lowest BCUT2D eigenvalue weighted by atomic mass is 10.2. The summed E-state index contributed by atoms with van der Waals surface area (Å²) in [5.41, 5.74) is 1.62. The number of anilines is 1. The smallest absolute Gasteiger partial charge is 0.198 e. The zero-order valence-electron chi connectivity index (χ0n) is 19.9. The van der Waals surface area contributed by atoms with Crippen LogP contribution in [0.25, 0.3) is 0 Å². The fraction of sp³-hybridized carbons (Fsp3) is 0.615. The first-order chi connectivity index (χ1) is 16.6. The molecule has 1 saturated heterocycles. The number of aromatic hydroxyl groups is 2. The average molecular weight is 473 g/mol. The van der Waals surface area contributed by atoms with Crippen molar-refractivity contribution in [2.45, 2.75) is 70.2 Å². The van der Waals surface area contributed by atoms with E-state index < -0.39 is 0 Å². The molecule has 8 heteroatoms. The van der Waals surface area contributed by atoms with Crippen LogP contribution in [-0.2, 0) is 13.1 Å². The summed E-state index contributed by atoms with van der Waals surface area (Å²) in [5, 5.41) is 24.1. The number of hydrogen-bond donors (Lipinski definition) is 3. The maximum atomic E-state index is 14.0. The maximum absolute atomic E-state index is 14.0. The molecule has 3 aliphatic rings. The van der Waals surface area contributed by atoms with Crippen LogP contribution >= 0.6 is 0 Å². The number of rotatable bonds is 10. The van der Waals surface area contributed by atoms with Gasteiger partial charge in [-0.15, -0.1) is 0 Å². The Balaban J connectivity index is 1.11. The van der Waals surface area contributed by atoms with Gasteiger partial charge in [0.15, 0.2) is 11.8 Å². The van der Waals surface area contributed by atoms with Gasteiger partial charge >= 0.3 is 0 Å². The fourth-order valence-corrected chi connectivity index (χ4v) is 5.16. The standard InChI is InChI=1S/C26H37FN4O3/c27-20-6-9-24(34-22-4-1-2-5-22)23(17-20)30-14-12-29(13-15-30)10-3-11-31-25(32)16-19(26(31)33)18-28-21-7-8-21/h6,9,16-17,21-22,28,32-33H,1-5,7-8,10-15,18H2. The molecule has 2 saturated carbocycles. The topological polar surface area (TPSA) is 73.1 Å². The van der Waals surface area contributed by atoms with Gasteiger partial charge in [-0.25, -0.2) is 4.39 Å². The van der Waals surface area contributed by atoms with Crippen molar-refractivity contribution in [3.8, 4) is 17.5 Å². The van der Waals surface area contributed by atoms with Gasteiger partial charge in [0, 0.05) is 63.0 Å². The number of halogens is 1. The molecule has 2 aliphatic carbocycles. The van der Waals surface area contributed by atoms with Crippen LogP contribution < -0.4 is 15.0 Å². The van der Waals surface area contributed by atoms with E-state index in [4.69, 9.17) is 4.74 Å². The van der Waals surface area contributed by atoms with Crippen molar-refractivity contribution >= 4 is 5.69 Å². The minimum atomic E-state index is -0.228. The van der Waals surface area contributed by atoms with Crippen LogP contribution in [0.3, 0.4) is 0 Å². The highest BCUT2D eigenvalue weighted by molar-refractivity contribution is 5.59. The van der Waals surface area contributed by atoms with Gasteiger partial charge < -0.3 is 25.2 Å². The van der Waals surface area contributed by atoms with Crippen LogP contribution in [-0.4, -0.2) is 64.5 Å². The summed E-state index contributed by atoms with van der Waals surface area (Å²) in [5.74, 6) is 0.855. The van der Waals surface area contributed by atoms with Gasteiger partial charge in [0.25, 0.3) is 0 Å². The third kappa shape index (κ3) is 5.61. The van der Waals surface area contributed by atoms with Gasteiger partial charge in [-0.05, 0) is 63.6 Å². The summed E-state index contributed by atoms with van der Waals surface area (Å²) >= 11 is 0. The van der Waals surface area contributed by atoms with Crippen molar-refractivity contribution in [1.82, 2.24) is 14.8 Å². The first-order valence-electron chi connectivity index (χ1n) is 12.8. The summed E-state index contributed by atoms with van der Waals surface area (Å²) in [4.78, 5) is 4.62. The van der Waals surface area contributed by atoms with Crippen molar-refractivity contribution in [2.75, 3.05) is 37.6 Å². The van der Waals surface area contributed by atoms with Crippen LogP contribution in [0.4, 0.5) is 10.1 Å². The predicted octanol–water partition coefficient (Wildman–Crippen LogP) is 3.82. The third-order valence-corrected chi connectivity index (χ3v) is 7.37. The number of hydrogen-bond acceptors (Lipinski definition) is 6. The quantitative estimate of drug-likeness (QED) is 0.488. The summed E-state index contributed by atoms with van der Waals surface area (Å²) in [7, 11) is 0. The summed E-state index contributed by atoms with van der Waals surface area (Å²) in [6, 6.07) is 7.09. The molecule has 2 aromatic rings. The molecular weight excluding hydrogens is 435 g/mol. The van der Waals surface area contributed by atoms with Gasteiger partial charge in [-0.1, -0.05) is 0 Å². The average Bonchev–Trinajstić information content (AvgIpc) is 3.45. The van der Waals surface area contributed by atoms with E-state index in [9.17, 15) is 14.6 Å². The molecule has 0 radical (unpaired) electrons. The van der Waals surface area contributed by atoms with E-state index in [1.54, 1.807) is 22.8 Å². The molecule has 0 amide bonds. The minimum Gasteiger partial charge on any atom is -0.494 e. The molecular formula is C26H37FN4O3. The van der Waals surface area contributed by atoms with Crippen molar-refractivity contribution in [1.29, 1.82) is 0 Å². The molecule has 7 nitrogen and oxygen atoms in total. The molecule has 186 valence electrons. The second kappa shape index (κ2) is 10.4. The van der Waals surface area contributed by atoms with E-state index in [0.717, 1.165) is 69.0 Å². The number of benzene rings is 1. The van der Waals surface area contributed by atoms with Crippen LogP contribution in [0, 0.1) is 5.82 Å². The molecule has 0 atom stereocenters. The molecule has 3 fully saturated rings. The van der Waals surface area contributed by atoms with E-state index in [-0.39, 0.29) is 23.7 Å². The van der Waals surface area contributed by atoms with Gasteiger partial charge in [0.1, 0.15) is 11.6 Å². The zero-order chi connectivity index (χ0) is 23.5. The number of ether oxygens (including phenoxy) is 1. The SMILES string of the molecule is Oc1cc(CNC2CC2)c(O)n1CCCN1CCN(c2cc(F)ccc2OC2CCCC2)CC1. The lowest BCUT2D eigenvalue weighted by molar-refractivity contribution is 0.208. The van der Waals surface area contributed by atoms with Crippen molar-refractivity contribution in [2.24, 2.45) is 0 Å². The number of piperazine rings is 1. The Morgan fingerprint density at radius 3 is 2.47 bits per heavy atom. The summed E-state index contributed by atoms with van der Waals surface area (Å²) < 4.78 is 21.9. The molecule has 3 N–H and O–H groups in total. The van der Waals surface area contributed by atoms with Crippen LogP contribution in [0.2, 0.25) is 0 Å². The minimum absolute atomic E-state index is 0.121. The lowest BCUT2D eigenvalue weighted by Gasteiger charge is -2.37. The van der Waals surface area contributed by atoms with Crippen LogP contribution in [0.15, 0.2) is 24.3 Å². The second-order valence-electron chi connectivity index (χ2n) is 9.98. The first-order valence-corrected chi connectivity index (χ1v) is 12.8. The maximum Gasteiger partial charge on any atom is 0.198 e. The Morgan fingerprint density at radius 2 is 1.74 bits per heavy atom. The number of nitrogens with one attached hydrogen (secondary N) is 1. The molecule has 2 heterocycles. The highest BCUT2D eigenvalue weighted by Gasteiger charge is 2.24. The van der Waals surface area contributed by atoms with Gasteiger partial charge in [0.2, 0.25) is 0 Å². The third-order valence-electron chi connectivity index (χ3n) is 7.37. The molecule has 0 spiro atoms. The van der Waals surface area contributed by atoms with E-state index >= 15 is 0 Å². The van der Waals surface area contributed by atoms with Crippen molar-refractivity contribution < 1.29 is 19.3 Å². The van der Waals surface area contributed by atoms with Crippen molar-refractivity contribution in [3.63, 3.8) is 0 Å². The van der Waals surface area contributed by atoms with E-state index in [1.165, 1.54) is 31.7 Å². The Kier molecular flexibility index (Phi) is 7.15. The van der Waals surface area contributed by atoms with Crippen molar-refractivity contribution in [3.05, 3.63) is 35.6 Å². The predicted molar refractivity (Wildman–Crippen MR) is 130 cm³/mol. The Bertz CT molecular complexity index is 963. The monoisotopic (exact) mass is 472 g/mol. The highest BCUT2D eigenvalue weighted by atomic mass is 19.1. The molecule has 0 bridgehead atoms. The fourth-order valence-electron chi connectivity index (χ4n) is 5.16. The second-order valence-corrected chi connectivity index (χ2v) is 9.98. The number of nitrogens with zero attached hydrogens (tertiary/aromatic N) is 3. The molecule has 34 heavy (non-hydrogen) atoms. The summed E-state index contributed by atoms with van der Waals surface area (Å²) in [6.45, 7) is 5.47. The Hall–Kier alpha value is -2.45.